The number of amides is 2. The number of aliphatic hydroxyl groups excluding tert-OH is 1. The number of carbonyl (C=O) groups excluding carboxylic acids is 2. The molecule has 0 saturated carbocycles. The van der Waals surface area contributed by atoms with E-state index in [2.05, 4.69) is 15.5 Å². The summed E-state index contributed by atoms with van der Waals surface area (Å²) >= 11 is 0. The molecule has 148 valence electrons. The average Bonchev–Trinajstić information content (AvgIpc) is 2.61. The van der Waals surface area contributed by atoms with E-state index in [1.807, 2.05) is 13.0 Å². The predicted octanol–water partition coefficient (Wildman–Crippen LogP) is -0.848. The summed E-state index contributed by atoms with van der Waals surface area (Å²) in [5, 5.41) is 15.4. The molecule has 0 unspecified atom stereocenters. The first-order chi connectivity index (χ1) is 12.5. The number of nitrogens with two attached hydrogens (primary N) is 1. The standard InChI is InChI=1S/C18H32N4O4/c1-2-3-4-5-17(24)21-14-16(23)12-15(19)13-18(25)20-6-7-22-8-10-26-11-9-22/h2-5,15-16,23H,6-14,19H2,1H3,(H,20,25)(H,21,24)/b3-2-,5-4+/t15-,16-/m1/s1. The Morgan fingerprint density at radius 2 is 2.00 bits per heavy atom. The van der Waals surface area contributed by atoms with Crippen LogP contribution in [0.5, 0.6) is 0 Å². The van der Waals surface area contributed by atoms with Crippen LogP contribution in [0.15, 0.2) is 24.3 Å². The van der Waals surface area contributed by atoms with E-state index in [0.717, 1.165) is 32.8 Å². The van der Waals surface area contributed by atoms with Crippen LogP contribution in [0.2, 0.25) is 0 Å². The van der Waals surface area contributed by atoms with Gasteiger partial charge in [-0.1, -0.05) is 18.2 Å². The van der Waals surface area contributed by atoms with Gasteiger partial charge in [0.15, 0.2) is 0 Å². The summed E-state index contributed by atoms with van der Waals surface area (Å²) in [5.74, 6) is -0.409. The molecule has 5 N–H and O–H groups in total. The first-order valence-electron chi connectivity index (χ1n) is 9.09. The number of carbonyl (C=O) groups is 2. The van der Waals surface area contributed by atoms with Crippen molar-refractivity contribution in [3.05, 3.63) is 24.3 Å². The van der Waals surface area contributed by atoms with Crippen LogP contribution in [-0.2, 0) is 14.3 Å². The van der Waals surface area contributed by atoms with Crippen LogP contribution in [0.1, 0.15) is 19.8 Å². The van der Waals surface area contributed by atoms with Crippen LogP contribution in [0.3, 0.4) is 0 Å². The molecule has 0 aromatic heterocycles. The fourth-order valence-corrected chi connectivity index (χ4v) is 2.54. The summed E-state index contributed by atoms with van der Waals surface area (Å²) in [4.78, 5) is 25.6. The van der Waals surface area contributed by atoms with Crippen molar-refractivity contribution in [2.75, 3.05) is 45.9 Å². The number of nitrogens with one attached hydrogen (secondary N) is 2. The SMILES string of the molecule is C/C=C\C=C\C(=O)NC[C@H](O)C[C@@H](N)CC(=O)NCCN1CCOCC1. The molecule has 1 fully saturated rings. The fraction of sp³-hybridized carbons (Fsp3) is 0.667. The second-order valence-corrected chi connectivity index (χ2v) is 6.29. The van der Waals surface area contributed by atoms with E-state index in [9.17, 15) is 14.7 Å². The van der Waals surface area contributed by atoms with Gasteiger partial charge in [-0.15, -0.1) is 0 Å². The molecule has 26 heavy (non-hydrogen) atoms. The quantitative estimate of drug-likeness (QED) is 0.279. The van der Waals surface area contributed by atoms with Gasteiger partial charge in [-0.3, -0.25) is 14.5 Å². The van der Waals surface area contributed by atoms with Crippen LogP contribution in [0, 0.1) is 0 Å². The molecule has 0 aromatic rings. The Balaban J connectivity index is 2.12. The topological polar surface area (TPSA) is 117 Å². The summed E-state index contributed by atoms with van der Waals surface area (Å²) in [6.45, 7) is 6.56. The van der Waals surface area contributed by atoms with Gasteiger partial charge in [-0.05, 0) is 13.3 Å². The molecule has 1 aliphatic rings. The number of nitrogens with zero attached hydrogens (tertiary/aromatic N) is 1. The molecule has 1 aliphatic heterocycles. The van der Waals surface area contributed by atoms with E-state index < -0.39 is 12.1 Å². The third-order valence-corrected chi connectivity index (χ3v) is 3.94. The van der Waals surface area contributed by atoms with Crippen molar-refractivity contribution in [1.82, 2.24) is 15.5 Å². The maximum absolute atomic E-state index is 11.9. The van der Waals surface area contributed by atoms with Crippen molar-refractivity contribution >= 4 is 11.8 Å². The highest BCUT2D eigenvalue weighted by Gasteiger charge is 2.15. The molecule has 0 aliphatic carbocycles. The van der Waals surface area contributed by atoms with Gasteiger partial charge in [0.1, 0.15) is 0 Å². The Labute approximate surface area is 155 Å². The highest BCUT2D eigenvalue weighted by atomic mass is 16.5. The lowest BCUT2D eigenvalue weighted by atomic mass is 10.1. The van der Waals surface area contributed by atoms with Gasteiger partial charge in [0.2, 0.25) is 11.8 Å². The van der Waals surface area contributed by atoms with Crippen LogP contribution >= 0.6 is 0 Å². The second kappa shape index (κ2) is 13.5. The maximum atomic E-state index is 11.9. The molecular weight excluding hydrogens is 336 g/mol. The number of allylic oxidation sites excluding steroid dienone is 3. The van der Waals surface area contributed by atoms with Gasteiger partial charge in [-0.25, -0.2) is 0 Å². The van der Waals surface area contributed by atoms with Gasteiger partial charge < -0.3 is 26.2 Å². The van der Waals surface area contributed by atoms with E-state index in [1.165, 1.54) is 6.08 Å². The van der Waals surface area contributed by atoms with Crippen LogP contribution in [0.4, 0.5) is 0 Å². The van der Waals surface area contributed by atoms with E-state index >= 15 is 0 Å². The van der Waals surface area contributed by atoms with E-state index in [4.69, 9.17) is 10.5 Å². The first kappa shape index (κ1) is 22.3. The Hall–Kier alpha value is -1.74. The van der Waals surface area contributed by atoms with Gasteiger partial charge in [-0.2, -0.15) is 0 Å². The number of ether oxygens (including phenoxy) is 1. The Morgan fingerprint density at radius 1 is 1.27 bits per heavy atom. The van der Waals surface area contributed by atoms with Crippen molar-refractivity contribution in [2.45, 2.75) is 31.9 Å². The molecule has 1 saturated heterocycles. The highest BCUT2D eigenvalue weighted by molar-refractivity contribution is 5.87. The minimum absolute atomic E-state index is 0.103. The molecular formula is C18H32N4O4. The number of aliphatic hydroxyl groups is 1. The van der Waals surface area contributed by atoms with E-state index in [1.54, 1.807) is 12.2 Å². The zero-order chi connectivity index (χ0) is 19.2. The molecule has 1 heterocycles. The van der Waals surface area contributed by atoms with Gasteiger partial charge >= 0.3 is 0 Å². The molecule has 8 nitrogen and oxygen atoms in total. The van der Waals surface area contributed by atoms with E-state index in [0.29, 0.717) is 6.54 Å². The lowest BCUT2D eigenvalue weighted by Crippen LogP contribution is -2.42. The van der Waals surface area contributed by atoms with Crippen LogP contribution < -0.4 is 16.4 Å². The van der Waals surface area contributed by atoms with Crippen molar-refractivity contribution in [3.63, 3.8) is 0 Å². The molecule has 2 amide bonds. The van der Waals surface area contributed by atoms with Gasteiger partial charge in [0.25, 0.3) is 0 Å². The minimum atomic E-state index is -0.787. The molecule has 0 spiro atoms. The maximum Gasteiger partial charge on any atom is 0.244 e. The third kappa shape index (κ3) is 11.0. The number of morpholine rings is 1. The molecule has 0 radical (unpaired) electrons. The summed E-state index contributed by atoms with van der Waals surface area (Å²) in [7, 11) is 0. The summed E-state index contributed by atoms with van der Waals surface area (Å²) in [6, 6.07) is -0.455. The minimum Gasteiger partial charge on any atom is -0.391 e. The second-order valence-electron chi connectivity index (χ2n) is 6.29. The monoisotopic (exact) mass is 368 g/mol. The van der Waals surface area contributed by atoms with Crippen molar-refractivity contribution < 1.29 is 19.4 Å². The van der Waals surface area contributed by atoms with Gasteiger partial charge in [0, 0.05) is 51.3 Å². The first-order valence-corrected chi connectivity index (χ1v) is 9.09. The fourth-order valence-electron chi connectivity index (χ4n) is 2.54. The van der Waals surface area contributed by atoms with Crippen molar-refractivity contribution in [1.29, 1.82) is 0 Å². The largest absolute Gasteiger partial charge is 0.391 e. The summed E-state index contributed by atoms with van der Waals surface area (Å²) in [5.41, 5.74) is 5.91. The highest BCUT2D eigenvalue weighted by Crippen LogP contribution is 2.00. The molecule has 8 heteroatoms. The van der Waals surface area contributed by atoms with Crippen LogP contribution in [0.25, 0.3) is 0 Å². The normalized spacial score (nSPS) is 18.1. The lowest BCUT2D eigenvalue weighted by molar-refractivity contribution is -0.121. The van der Waals surface area contributed by atoms with Crippen molar-refractivity contribution in [3.8, 4) is 0 Å². The molecule has 1 rings (SSSR count). The lowest BCUT2D eigenvalue weighted by Gasteiger charge is -2.26. The summed E-state index contributed by atoms with van der Waals surface area (Å²) in [6.07, 6.45) is 6.16. The average molecular weight is 368 g/mol. The Morgan fingerprint density at radius 3 is 2.69 bits per heavy atom. The molecule has 2 atom stereocenters. The number of hydrogen-bond acceptors (Lipinski definition) is 6. The Kier molecular flexibility index (Phi) is 11.5. The Bertz CT molecular complexity index is 476. The predicted molar refractivity (Wildman–Crippen MR) is 100 cm³/mol. The number of rotatable bonds is 11. The number of hydrogen-bond donors (Lipinski definition) is 4. The zero-order valence-corrected chi connectivity index (χ0v) is 15.5. The van der Waals surface area contributed by atoms with Crippen LogP contribution in [-0.4, -0.2) is 79.9 Å². The smallest absolute Gasteiger partial charge is 0.244 e. The molecule has 0 aromatic carbocycles. The zero-order valence-electron chi connectivity index (χ0n) is 15.5. The summed E-state index contributed by atoms with van der Waals surface area (Å²) < 4.78 is 5.27. The van der Waals surface area contributed by atoms with E-state index in [-0.39, 0.29) is 31.2 Å². The van der Waals surface area contributed by atoms with Crippen molar-refractivity contribution in [2.24, 2.45) is 5.73 Å². The molecule has 0 bridgehead atoms. The third-order valence-electron chi connectivity index (χ3n) is 3.94. The van der Waals surface area contributed by atoms with Gasteiger partial charge in [0.05, 0.1) is 19.3 Å².